The quantitative estimate of drug-likeness (QED) is 0.851. The molecule has 0 fully saturated rings. The molecule has 1 heterocycles. The van der Waals surface area contributed by atoms with Crippen molar-refractivity contribution in [3.8, 4) is 0 Å². The van der Waals surface area contributed by atoms with Crippen molar-refractivity contribution >= 4 is 23.5 Å². The van der Waals surface area contributed by atoms with E-state index in [1.165, 1.54) is 0 Å². The molecule has 0 amide bonds. The molecule has 0 aliphatic rings. The second-order valence-corrected chi connectivity index (χ2v) is 3.76. The number of nitrogen functional groups attached to an aromatic ring is 1. The van der Waals surface area contributed by atoms with E-state index in [4.69, 9.17) is 17.3 Å². The normalized spacial score (nSPS) is 10.4. The summed E-state index contributed by atoms with van der Waals surface area (Å²) < 4.78 is 1.63. The molecule has 1 aromatic carbocycles. The number of aromatic nitrogens is 3. The van der Waals surface area contributed by atoms with Gasteiger partial charge in [0.1, 0.15) is 0 Å². The van der Waals surface area contributed by atoms with Crippen molar-refractivity contribution < 1.29 is 0 Å². The highest BCUT2D eigenvalue weighted by Gasteiger charge is 2.05. The SMILES string of the molecule is CNc1nc(N)n(Cc2ccc(Cl)cc2)n1. The van der Waals surface area contributed by atoms with Gasteiger partial charge in [0.2, 0.25) is 11.9 Å². The van der Waals surface area contributed by atoms with Crippen LogP contribution in [0.1, 0.15) is 5.56 Å². The van der Waals surface area contributed by atoms with Crippen LogP contribution in [0.2, 0.25) is 5.02 Å². The highest BCUT2D eigenvalue weighted by Crippen LogP contribution is 2.12. The van der Waals surface area contributed by atoms with E-state index in [0.717, 1.165) is 5.56 Å². The molecule has 1 aromatic heterocycles. The molecule has 0 atom stereocenters. The van der Waals surface area contributed by atoms with E-state index in [2.05, 4.69) is 15.4 Å². The fraction of sp³-hybridized carbons (Fsp3) is 0.200. The van der Waals surface area contributed by atoms with Crippen LogP contribution < -0.4 is 11.1 Å². The first-order chi connectivity index (χ1) is 7.69. The number of nitrogens with zero attached hydrogens (tertiary/aromatic N) is 3. The van der Waals surface area contributed by atoms with E-state index in [9.17, 15) is 0 Å². The van der Waals surface area contributed by atoms with Crippen LogP contribution in [-0.4, -0.2) is 21.8 Å². The lowest BCUT2D eigenvalue weighted by Gasteiger charge is -2.02. The van der Waals surface area contributed by atoms with Crippen molar-refractivity contribution in [3.05, 3.63) is 34.9 Å². The van der Waals surface area contributed by atoms with E-state index < -0.39 is 0 Å². The van der Waals surface area contributed by atoms with Crippen LogP contribution in [0.15, 0.2) is 24.3 Å². The van der Waals surface area contributed by atoms with Crippen LogP contribution in [0, 0.1) is 0 Å². The van der Waals surface area contributed by atoms with Gasteiger partial charge < -0.3 is 11.1 Å². The Morgan fingerprint density at radius 3 is 2.62 bits per heavy atom. The number of halogens is 1. The average molecular weight is 238 g/mol. The van der Waals surface area contributed by atoms with Gasteiger partial charge in [-0.3, -0.25) is 0 Å². The lowest BCUT2D eigenvalue weighted by atomic mass is 10.2. The summed E-state index contributed by atoms with van der Waals surface area (Å²) in [7, 11) is 1.75. The molecule has 0 unspecified atom stereocenters. The monoisotopic (exact) mass is 237 g/mol. The number of nitrogens with one attached hydrogen (secondary N) is 1. The molecule has 3 N–H and O–H groups in total. The molecule has 16 heavy (non-hydrogen) atoms. The summed E-state index contributed by atoms with van der Waals surface area (Å²) in [5.41, 5.74) is 6.79. The first-order valence-corrected chi connectivity index (χ1v) is 5.19. The van der Waals surface area contributed by atoms with Gasteiger partial charge in [-0.25, -0.2) is 4.68 Å². The molecular weight excluding hydrogens is 226 g/mol. The fourth-order valence-corrected chi connectivity index (χ4v) is 1.47. The third-order valence-corrected chi connectivity index (χ3v) is 2.42. The second-order valence-electron chi connectivity index (χ2n) is 3.33. The van der Waals surface area contributed by atoms with Crippen LogP contribution in [0.4, 0.5) is 11.9 Å². The third kappa shape index (κ3) is 2.25. The van der Waals surface area contributed by atoms with E-state index in [1.54, 1.807) is 11.7 Å². The third-order valence-electron chi connectivity index (χ3n) is 2.17. The highest BCUT2D eigenvalue weighted by molar-refractivity contribution is 6.30. The molecule has 0 spiro atoms. The Kier molecular flexibility index (Phi) is 2.96. The Morgan fingerprint density at radius 1 is 1.38 bits per heavy atom. The molecule has 0 bridgehead atoms. The van der Waals surface area contributed by atoms with Gasteiger partial charge in [-0.1, -0.05) is 23.7 Å². The van der Waals surface area contributed by atoms with E-state index in [1.807, 2.05) is 24.3 Å². The van der Waals surface area contributed by atoms with Gasteiger partial charge in [0.25, 0.3) is 0 Å². The Hall–Kier alpha value is -1.75. The smallest absolute Gasteiger partial charge is 0.243 e. The highest BCUT2D eigenvalue weighted by atomic mass is 35.5. The summed E-state index contributed by atoms with van der Waals surface area (Å²) in [4.78, 5) is 4.04. The van der Waals surface area contributed by atoms with Crippen LogP contribution in [0.5, 0.6) is 0 Å². The van der Waals surface area contributed by atoms with Crippen LogP contribution in [0.3, 0.4) is 0 Å². The van der Waals surface area contributed by atoms with Crippen molar-refractivity contribution in [3.63, 3.8) is 0 Å². The number of anilines is 2. The van der Waals surface area contributed by atoms with E-state index in [0.29, 0.717) is 23.5 Å². The van der Waals surface area contributed by atoms with E-state index in [-0.39, 0.29) is 0 Å². The summed E-state index contributed by atoms with van der Waals surface area (Å²) >= 11 is 5.80. The van der Waals surface area contributed by atoms with Crippen LogP contribution >= 0.6 is 11.6 Å². The van der Waals surface area contributed by atoms with Gasteiger partial charge in [0, 0.05) is 12.1 Å². The van der Waals surface area contributed by atoms with Gasteiger partial charge in [-0.15, -0.1) is 5.10 Å². The summed E-state index contributed by atoms with van der Waals surface area (Å²) in [5.74, 6) is 0.908. The average Bonchev–Trinajstić information content (AvgIpc) is 2.63. The van der Waals surface area contributed by atoms with E-state index >= 15 is 0 Å². The number of hydrogen-bond acceptors (Lipinski definition) is 4. The zero-order valence-corrected chi connectivity index (χ0v) is 9.57. The van der Waals surface area contributed by atoms with Crippen LogP contribution in [0.25, 0.3) is 0 Å². The molecule has 0 saturated carbocycles. The molecule has 2 rings (SSSR count). The Bertz CT molecular complexity index is 476. The molecule has 0 aliphatic carbocycles. The largest absolute Gasteiger partial charge is 0.368 e. The van der Waals surface area contributed by atoms with Gasteiger partial charge in [0.05, 0.1) is 6.54 Å². The predicted octanol–water partition coefficient (Wildman–Crippen LogP) is 1.60. The maximum Gasteiger partial charge on any atom is 0.243 e. The number of hydrogen-bond donors (Lipinski definition) is 2. The number of nitrogens with two attached hydrogens (primary N) is 1. The Balaban J connectivity index is 2.19. The molecule has 5 nitrogen and oxygen atoms in total. The molecule has 0 radical (unpaired) electrons. The summed E-state index contributed by atoms with van der Waals surface area (Å²) in [5, 5.41) is 7.74. The lowest BCUT2D eigenvalue weighted by Crippen LogP contribution is -2.06. The van der Waals surface area contributed by atoms with Gasteiger partial charge >= 0.3 is 0 Å². The summed E-state index contributed by atoms with van der Waals surface area (Å²) in [6.45, 7) is 0.581. The van der Waals surface area contributed by atoms with Crippen molar-refractivity contribution in [1.82, 2.24) is 14.8 Å². The minimum Gasteiger partial charge on any atom is -0.368 e. The Morgan fingerprint density at radius 2 is 2.06 bits per heavy atom. The minimum absolute atomic E-state index is 0.388. The zero-order chi connectivity index (χ0) is 11.5. The molecule has 2 aromatic rings. The van der Waals surface area contributed by atoms with Crippen molar-refractivity contribution in [2.45, 2.75) is 6.54 Å². The molecule has 84 valence electrons. The number of benzene rings is 1. The van der Waals surface area contributed by atoms with Crippen LogP contribution in [-0.2, 0) is 6.54 Å². The predicted molar refractivity (Wildman–Crippen MR) is 64.5 cm³/mol. The Labute approximate surface area is 98.2 Å². The van der Waals surface area contributed by atoms with Crippen molar-refractivity contribution in [2.24, 2.45) is 0 Å². The number of rotatable bonds is 3. The molecule has 0 aliphatic heterocycles. The first-order valence-electron chi connectivity index (χ1n) is 4.81. The van der Waals surface area contributed by atoms with Gasteiger partial charge in [-0.05, 0) is 17.7 Å². The maximum absolute atomic E-state index is 5.80. The minimum atomic E-state index is 0.388. The molecular formula is C10H12ClN5. The zero-order valence-electron chi connectivity index (χ0n) is 8.81. The van der Waals surface area contributed by atoms with Crippen molar-refractivity contribution in [2.75, 3.05) is 18.1 Å². The summed E-state index contributed by atoms with van der Waals surface area (Å²) in [6, 6.07) is 7.54. The maximum atomic E-state index is 5.80. The molecule has 0 saturated heterocycles. The van der Waals surface area contributed by atoms with Gasteiger partial charge in [-0.2, -0.15) is 4.98 Å². The lowest BCUT2D eigenvalue weighted by molar-refractivity contribution is 0.698. The van der Waals surface area contributed by atoms with Crippen molar-refractivity contribution in [1.29, 1.82) is 0 Å². The topological polar surface area (TPSA) is 68.8 Å². The first kappa shape index (κ1) is 10.8. The fourth-order valence-electron chi connectivity index (χ4n) is 1.34. The summed E-state index contributed by atoms with van der Waals surface area (Å²) in [6.07, 6.45) is 0. The second kappa shape index (κ2) is 4.40. The standard InChI is InChI=1S/C10H12ClN5/c1-13-10-14-9(12)16(15-10)6-7-2-4-8(11)5-3-7/h2-5H,6H2,1H3,(H3,12,13,14,15). The molecule has 6 heteroatoms. The van der Waals surface area contributed by atoms with Gasteiger partial charge in [0.15, 0.2) is 0 Å².